The average Bonchev–Trinajstić information content (AvgIpc) is 3.12. The van der Waals surface area contributed by atoms with Gasteiger partial charge in [0.05, 0.1) is 31.1 Å². The van der Waals surface area contributed by atoms with Crippen LogP contribution in [-0.2, 0) is 13.0 Å². The maximum atomic E-state index is 7.90. The third-order valence-corrected chi connectivity index (χ3v) is 4.42. The van der Waals surface area contributed by atoms with Gasteiger partial charge in [0.2, 0.25) is 5.95 Å². The van der Waals surface area contributed by atoms with E-state index in [2.05, 4.69) is 27.9 Å². The molecule has 1 aromatic carbocycles. The molecule has 0 atom stereocenters. The lowest BCUT2D eigenvalue weighted by Crippen LogP contribution is -2.18. The van der Waals surface area contributed by atoms with Crippen LogP contribution in [0.4, 0.5) is 11.6 Å². The molecule has 0 radical (unpaired) electrons. The molecule has 0 fully saturated rings. The second-order valence-electron chi connectivity index (χ2n) is 6.09. The fourth-order valence-electron chi connectivity index (χ4n) is 3.04. The minimum absolute atomic E-state index is 0.454. The van der Waals surface area contributed by atoms with Crippen molar-refractivity contribution in [3.8, 4) is 0 Å². The third kappa shape index (κ3) is 3.27. The predicted octanol–water partition coefficient (Wildman–Crippen LogP) is 3.58. The molecule has 0 saturated heterocycles. The van der Waals surface area contributed by atoms with Crippen LogP contribution >= 0.6 is 0 Å². The molecule has 0 saturated carbocycles. The van der Waals surface area contributed by atoms with Crippen LogP contribution in [0.25, 0.3) is 11.2 Å². The lowest BCUT2D eigenvalue weighted by Gasteiger charge is -2.19. The van der Waals surface area contributed by atoms with E-state index in [4.69, 9.17) is 10.4 Å². The number of anilines is 2. The van der Waals surface area contributed by atoms with Crippen LogP contribution in [0.15, 0.2) is 61.3 Å². The Morgan fingerprint density at radius 2 is 1.93 bits per heavy atom. The standard InChI is InChI=1S/C20H19N7/c1-2-16-5-3-4-6-18(16)27(13-21)20-23-11-17-19(25-20)26(14-24-17)12-15-7-9-22-10-8-15/h3-11,13-14,21H,2,12H2,1H3. The smallest absolute Gasteiger partial charge is 0.237 e. The molecule has 3 aromatic heterocycles. The first-order chi connectivity index (χ1) is 13.3. The molecule has 4 aromatic rings. The topological polar surface area (TPSA) is 83.6 Å². The molecule has 3 heterocycles. The van der Waals surface area contributed by atoms with Crippen molar-refractivity contribution >= 4 is 29.1 Å². The van der Waals surface area contributed by atoms with E-state index in [-0.39, 0.29) is 0 Å². The van der Waals surface area contributed by atoms with Crippen molar-refractivity contribution in [3.05, 3.63) is 72.4 Å². The molecule has 0 aliphatic rings. The van der Waals surface area contributed by atoms with Crippen LogP contribution in [0, 0.1) is 5.41 Å². The first-order valence-electron chi connectivity index (χ1n) is 8.74. The Balaban J connectivity index is 1.76. The second-order valence-corrected chi connectivity index (χ2v) is 6.09. The Labute approximate surface area is 156 Å². The SMILES string of the molecule is CCc1ccccc1N(C=N)c1ncc2ncn(Cc3ccncc3)c2n1. The summed E-state index contributed by atoms with van der Waals surface area (Å²) in [6, 6.07) is 11.9. The first kappa shape index (κ1) is 16.8. The Morgan fingerprint density at radius 1 is 1.11 bits per heavy atom. The number of imidazole rings is 1. The van der Waals surface area contributed by atoms with E-state index in [9.17, 15) is 0 Å². The number of hydrogen-bond donors (Lipinski definition) is 1. The number of nitrogens with zero attached hydrogens (tertiary/aromatic N) is 6. The number of benzene rings is 1. The van der Waals surface area contributed by atoms with Gasteiger partial charge in [0.15, 0.2) is 5.65 Å². The van der Waals surface area contributed by atoms with Gasteiger partial charge in [-0.15, -0.1) is 0 Å². The minimum atomic E-state index is 0.454. The zero-order valence-electron chi connectivity index (χ0n) is 14.9. The summed E-state index contributed by atoms with van der Waals surface area (Å²) < 4.78 is 1.98. The Bertz CT molecular complexity index is 1070. The van der Waals surface area contributed by atoms with Gasteiger partial charge in [-0.1, -0.05) is 25.1 Å². The lowest BCUT2D eigenvalue weighted by atomic mass is 10.1. The van der Waals surface area contributed by atoms with Crippen molar-refractivity contribution < 1.29 is 0 Å². The molecule has 7 heteroatoms. The summed E-state index contributed by atoms with van der Waals surface area (Å²) in [6.45, 7) is 2.74. The molecule has 27 heavy (non-hydrogen) atoms. The highest BCUT2D eigenvalue weighted by Gasteiger charge is 2.15. The van der Waals surface area contributed by atoms with Crippen LogP contribution in [0.5, 0.6) is 0 Å². The number of para-hydroxylation sites is 1. The summed E-state index contributed by atoms with van der Waals surface area (Å²) >= 11 is 0. The summed E-state index contributed by atoms with van der Waals surface area (Å²) in [5.74, 6) is 0.454. The third-order valence-electron chi connectivity index (χ3n) is 4.42. The molecule has 0 amide bonds. The maximum absolute atomic E-state index is 7.90. The van der Waals surface area contributed by atoms with Crippen molar-refractivity contribution in [1.82, 2.24) is 24.5 Å². The van der Waals surface area contributed by atoms with E-state index in [0.29, 0.717) is 12.5 Å². The quantitative estimate of drug-likeness (QED) is 0.421. The van der Waals surface area contributed by atoms with Crippen LogP contribution in [0.1, 0.15) is 18.1 Å². The highest BCUT2D eigenvalue weighted by molar-refractivity contribution is 5.87. The number of rotatable bonds is 6. The molecule has 0 aliphatic heterocycles. The van der Waals surface area contributed by atoms with Crippen molar-refractivity contribution in [3.63, 3.8) is 0 Å². The van der Waals surface area contributed by atoms with Crippen LogP contribution < -0.4 is 4.90 Å². The Morgan fingerprint density at radius 3 is 2.70 bits per heavy atom. The summed E-state index contributed by atoms with van der Waals surface area (Å²) in [6.07, 6.45) is 9.12. The van der Waals surface area contributed by atoms with Gasteiger partial charge in [0.1, 0.15) is 5.52 Å². The monoisotopic (exact) mass is 357 g/mol. The molecule has 4 rings (SSSR count). The van der Waals surface area contributed by atoms with Gasteiger partial charge >= 0.3 is 0 Å². The van der Waals surface area contributed by atoms with Crippen LogP contribution in [-0.4, -0.2) is 30.8 Å². The fourth-order valence-corrected chi connectivity index (χ4v) is 3.04. The van der Waals surface area contributed by atoms with Gasteiger partial charge in [-0.05, 0) is 35.7 Å². The molecule has 0 aliphatic carbocycles. The number of pyridine rings is 1. The zero-order valence-corrected chi connectivity index (χ0v) is 14.9. The minimum Gasteiger partial charge on any atom is -0.311 e. The van der Waals surface area contributed by atoms with Crippen molar-refractivity contribution in [2.75, 3.05) is 4.90 Å². The molecule has 7 nitrogen and oxygen atoms in total. The van der Waals surface area contributed by atoms with Gasteiger partial charge in [-0.2, -0.15) is 4.98 Å². The summed E-state index contributed by atoms with van der Waals surface area (Å²) in [5.41, 5.74) is 4.62. The summed E-state index contributed by atoms with van der Waals surface area (Å²) in [4.78, 5) is 19.3. The van der Waals surface area contributed by atoms with E-state index >= 15 is 0 Å². The van der Waals surface area contributed by atoms with E-state index in [1.165, 1.54) is 6.34 Å². The van der Waals surface area contributed by atoms with Crippen molar-refractivity contribution in [2.24, 2.45) is 0 Å². The molecule has 0 bridgehead atoms. The second kappa shape index (κ2) is 7.33. The molecule has 134 valence electrons. The number of nitrogens with one attached hydrogen (secondary N) is 1. The number of fused-ring (bicyclic) bond motifs is 1. The number of hydrogen-bond acceptors (Lipinski definition) is 5. The fraction of sp³-hybridized carbons (Fsp3) is 0.150. The van der Waals surface area contributed by atoms with Crippen LogP contribution in [0.2, 0.25) is 0 Å². The number of aryl methyl sites for hydroxylation is 1. The highest BCUT2D eigenvalue weighted by atomic mass is 15.3. The van der Waals surface area contributed by atoms with Crippen LogP contribution in [0.3, 0.4) is 0 Å². The average molecular weight is 357 g/mol. The van der Waals surface area contributed by atoms with E-state index < -0.39 is 0 Å². The van der Waals surface area contributed by atoms with Gasteiger partial charge in [-0.25, -0.2) is 9.97 Å². The molecule has 1 N–H and O–H groups in total. The van der Waals surface area contributed by atoms with Crippen molar-refractivity contribution in [1.29, 1.82) is 5.41 Å². The van der Waals surface area contributed by atoms with Gasteiger partial charge < -0.3 is 4.57 Å². The normalized spacial score (nSPS) is 10.9. The Hall–Kier alpha value is -3.61. The Kier molecular flexibility index (Phi) is 4.57. The molecular weight excluding hydrogens is 338 g/mol. The van der Waals surface area contributed by atoms with Crippen molar-refractivity contribution in [2.45, 2.75) is 19.9 Å². The van der Waals surface area contributed by atoms with Gasteiger partial charge in [-0.3, -0.25) is 15.3 Å². The van der Waals surface area contributed by atoms with Gasteiger partial charge in [0.25, 0.3) is 0 Å². The molecular formula is C20H19N7. The highest BCUT2D eigenvalue weighted by Crippen LogP contribution is 2.26. The van der Waals surface area contributed by atoms with E-state index in [0.717, 1.165) is 34.4 Å². The predicted molar refractivity (Wildman–Crippen MR) is 105 cm³/mol. The zero-order chi connectivity index (χ0) is 18.6. The van der Waals surface area contributed by atoms with E-state index in [1.54, 1.807) is 29.8 Å². The summed E-state index contributed by atoms with van der Waals surface area (Å²) in [7, 11) is 0. The molecule has 0 unspecified atom stereocenters. The largest absolute Gasteiger partial charge is 0.311 e. The maximum Gasteiger partial charge on any atom is 0.237 e. The molecule has 0 spiro atoms. The van der Waals surface area contributed by atoms with Gasteiger partial charge in [0, 0.05) is 12.4 Å². The van der Waals surface area contributed by atoms with E-state index in [1.807, 2.05) is 34.9 Å². The lowest BCUT2D eigenvalue weighted by molar-refractivity contribution is 0.811. The number of aromatic nitrogens is 5. The summed E-state index contributed by atoms with van der Waals surface area (Å²) in [5, 5.41) is 7.90. The first-order valence-corrected chi connectivity index (χ1v) is 8.74.